The van der Waals surface area contributed by atoms with Crippen molar-refractivity contribution >= 4 is 28.6 Å². The second-order valence-electron chi connectivity index (χ2n) is 3.11. The molecule has 1 N–H and O–H groups in total. The van der Waals surface area contributed by atoms with Gasteiger partial charge in [-0.3, -0.25) is 0 Å². The number of hydrogen-bond acceptors (Lipinski definition) is 3. The number of nitrogens with zero attached hydrogens (tertiary/aromatic N) is 1. The molecule has 0 aliphatic heterocycles. The standard InChI is InChI=1S/C11H11ClN2S/c12-7-9-2-1-3-10(6-9)14-8-11-13-4-5-15-11/h1-6,14H,7-8H2. The van der Waals surface area contributed by atoms with Crippen LogP contribution in [0.5, 0.6) is 0 Å². The van der Waals surface area contributed by atoms with E-state index in [9.17, 15) is 0 Å². The number of thiazole rings is 1. The first-order chi connectivity index (χ1) is 7.38. The molecule has 0 unspecified atom stereocenters. The van der Waals surface area contributed by atoms with E-state index in [-0.39, 0.29) is 0 Å². The van der Waals surface area contributed by atoms with E-state index in [1.165, 1.54) is 0 Å². The van der Waals surface area contributed by atoms with Crippen LogP contribution in [-0.2, 0) is 12.4 Å². The van der Waals surface area contributed by atoms with E-state index in [1.54, 1.807) is 11.3 Å². The highest BCUT2D eigenvalue weighted by atomic mass is 35.5. The molecule has 0 fully saturated rings. The number of hydrogen-bond donors (Lipinski definition) is 1. The van der Waals surface area contributed by atoms with Gasteiger partial charge >= 0.3 is 0 Å². The fraction of sp³-hybridized carbons (Fsp3) is 0.182. The average molecular weight is 239 g/mol. The van der Waals surface area contributed by atoms with E-state index in [1.807, 2.05) is 29.8 Å². The van der Waals surface area contributed by atoms with Gasteiger partial charge in [-0.1, -0.05) is 12.1 Å². The number of benzene rings is 1. The maximum absolute atomic E-state index is 5.76. The zero-order valence-corrected chi connectivity index (χ0v) is 9.68. The summed E-state index contributed by atoms with van der Waals surface area (Å²) >= 11 is 7.41. The van der Waals surface area contributed by atoms with Crippen molar-refractivity contribution in [2.24, 2.45) is 0 Å². The lowest BCUT2D eigenvalue weighted by molar-refractivity contribution is 1.10. The highest BCUT2D eigenvalue weighted by molar-refractivity contribution is 7.09. The topological polar surface area (TPSA) is 24.9 Å². The molecule has 2 nitrogen and oxygen atoms in total. The van der Waals surface area contributed by atoms with Crippen LogP contribution in [0.15, 0.2) is 35.8 Å². The molecule has 4 heteroatoms. The minimum atomic E-state index is 0.548. The Morgan fingerprint density at radius 3 is 3.07 bits per heavy atom. The van der Waals surface area contributed by atoms with Gasteiger partial charge in [0, 0.05) is 23.1 Å². The summed E-state index contributed by atoms with van der Waals surface area (Å²) in [4.78, 5) is 4.20. The fourth-order valence-electron chi connectivity index (χ4n) is 1.28. The molecule has 2 aromatic rings. The molecule has 0 saturated carbocycles. The van der Waals surface area contributed by atoms with Crippen molar-refractivity contribution in [3.63, 3.8) is 0 Å². The van der Waals surface area contributed by atoms with Gasteiger partial charge in [-0.15, -0.1) is 22.9 Å². The summed E-state index contributed by atoms with van der Waals surface area (Å²) in [6.45, 7) is 0.767. The molecule has 1 heterocycles. The van der Waals surface area contributed by atoms with Gasteiger partial charge < -0.3 is 5.32 Å². The van der Waals surface area contributed by atoms with Crippen LogP contribution >= 0.6 is 22.9 Å². The van der Waals surface area contributed by atoms with Gasteiger partial charge in [-0.25, -0.2) is 4.98 Å². The van der Waals surface area contributed by atoms with E-state index in [4.69, 9.17) is 11.6 Å². The minimum absolute atomic E-state index is 0.548. The van der Waals surface area contributed by atoms with Crippen molar-refractivity contribution in [2.75, 3.05) is 5.32 Å². The Kier molecular flexibility index (Phi) is 3.59. The van der Waals surface area contributed by atoms with Crippen molar-refractivity contribution in [3.05, 3.63) is 46.4 Å². The monoisotopic (exact) mass is 238 g/mol. The van der Waals surface area contributed by atoms with Crippen molar-refractivity contribution in [1.82, 2.24) is 4.98 Å². The Morgan fingerprint density at radius 1 is 1.40 bits per heavy atom. The third kappa shape index (κ3) is 2.94. The van der Waals surface area contributed by atoms with Gasteiger partial charge in [0.05, 0.1) is 6.54 Å². The van der Waals surface area contributed by atoms with Gasteiger partial charge in [0.2, 0.25) is 0 Å². The van der Waals surface area contributed by atoms with Crippen LogP contribution in [-0.4, -0.2) is 4.98 Å². The summed E-state index contributed by atoms with van der Waals surface area (Å²) in [7, 11) is 0. The molecule has 15 heavy (non-hydrogen) atoms. The molecule has 0 amide bonds. The zero-order chi connectivity index (χ0) is 10.5. The van der Waals surface area contributed by atoms with Crippen LogP contribution in [0.25, 0.3) is 0 Å². The number of anilines is 1. The lowest BCUT2D eigenvalue weighted by Crippen LogP contribution is -1.98. The van der Waals surface area contributed by atoms with Crippen LogP contribution in [0.4, 0.5) is 5.69 Å². The lowest BCUT2D eigenvalue weighted by Gasteiger charge is -2.05. The normalized spacial score (nSPS) is 10.2. The third-order valence-electron chi connectivity index (χ3n) is 2.01. The van der Waals surface area contributed by atoms with Crippen LogP contribution in [0.2, 0.25) is 0 Å². The largest absolute Gasteiger partial charge is 0.379 e. The molecule has 1 aromatic carbocycles. The van der Waals surface area contributed by atoms with Crippen LogP contribution in [0.1, 0.15) is 10.6 Å². The smallest absolute Gasteiger partial charge is 0.112 e. The van der Waals surface area contributed by atoms with E-state index >= 15 is 0 Å². The second kappa shape index (κ2) is 5.14. The molecule has 0 saturated heterocycles. The summed E-state index contributed by atoms with van der Waals surface area (Å²) < 4.78 is 0. The molecule has 0 aliphatic carbocycles. The Morgan fingerprint density at radius 2 is 2.33 bits per heavy atom. The van der Waals surface area contributed by atoms with Crippen LogP contribution in [0, 0.1) is 0 Å². The van der Waals surface area contributed by atoms with E-state index in [2.05, 4.69) is 16.4 Å². The lowest BCUT2D eigenvalue weighted by atomic mass is 10.2. The van der Waals surface area contributed by atoms with Crippen LogP contribution < -0.4 is 5.32 Å². The SMILES string of the molecule is ClCc1cccc(NCc2nccs2)c1. The fourth-order valence-corrected chi connectivity index (χ4v) is 2.00. The van der Waals surface area contributed by atoms with Crippen LogP contribution in [0.3, 0.4) is 0 Å². The summed E-state index contributed by atoms with van der Waals surface area (Å²) in [5, 5.41) is 6.38. The average Bonchev–Trinajstić information content (AvgIpc) is 2.79. The molecular weight excluding hydrogens is 228 g/mol. The Balaban J connectivity index is 1.98. The van der Waals surface area contributed by atoms with Gasteiger partial charge in [0.1, 0.15) is 5.01 Å². The van der Waals surface area contributed by atoms with Gasteiger partial charge in [-0.05, 0) is 17.7 Å². The van der Waals surface area contributed by atoms with Gasteiger partial charge in [-0.2, -0.15) is 0 Å². The van der Waals surface area contributed by atoms with Crippen molar-refractivity contribution in [1.29, 1.82) is 0 Å². The van der Waals surface area contributed by atoms with Crippen molar-refractivity contribution in [3.8, 4) is 0 Å². The van der Waals surface area contributed by atoms with Crippen molar-refractivity contribution < 1.29 is 0 Å². The Bertz CT molecular complexity index is 414. The first kappa shape index (κ1) is 10.5. The first-order valence-corrected chi connectivity index (χ1v) is 6.07. The highest BCUT2D eigenvalue weighted by Gasteiger charge is 1.97. The summed E-state index contributed by atoms with van der Waals surface area (Å²) in [6, 6.07) is 8.10. The second-order valence-corrected chi connectivity index (χ2v) is 4.36. The minimum Gasteiger partial charge on any atom is -0.379 e. The maximum atomic E-state index is 5.76. The number of halogens is 1. The molecule has 0 bridgehead atoms. The number of rotatable bonds is 4. The molecule has 78 valence electrons. The van der Waals surface area contributed by atoms with Gasteiger partial charge in [0.15, 0.2) is 0 Å². The molecule has 2 rings (SSSR count). The van der Waals surface area contributed by atoms with Crippen molar-refractivity contribution in [2.45, 2.75) is 12.4 Å². The molecule has 0 radical (unpaired) electrons. The quantitative estimate of drug-likeness (QED) is 0.825. The highest BCUT2D eigenvalue weighted by Crippen LogP contribution is 2.14. The first-order valence-electron chi connectivity index (χ1n) is 4.65. The maximum Gasteiger partial charge on any atom is 0.112 e. The zero-order valence-electron chi connectivity index (χ0n) is 8.11. The number of alkyl halides is 1. The Labute approximate surface area is 97.9 Å². The summed E-state index contributed by atoms with van der Waals surface area (Å²) in [6.07, 6.45) is 1.82. The summed E-state index contributed by atoms with van der Waals surface area (Å²) in [5.74, 6) is 0.548. The molecule has 0 atom stereocenters. The molecular formula is C11H11ClN2S. The molecule has 0 spiro atoms. The predicted molar refractivity (Wildman–Crippen MR) is 65.4 cm³/mol. The Hall–Kier alpha value is -1.06. The predicted octanol–water partition coefficient (Wildman–Crippen LogP) is 3.49. The van der Waals surface area contributed by atoms with Gasteiger partial charge in [0.25, 0.3) is 0 Å². The van der Waals surface area contributed by atoms with E-state index in [0.717, 1.165) is 22.8 Å². The molecule has 0 aliphatic rings. The summed E-state index contributed by atoms with van der Waals surface area (Å²) in [5.41, 5.74) is 2.21. The van der Waals surface area contributed by atoms with E-state index in [0.29, 0.717) is 5.88 Å². The number of nitrogens with one attached hydrogen (secondary N) is 1. The molecule has 1 aromatic heterocycles. The third-order valence-corrected chi connectivity index (χ3v) is 3.10. The number of aromatic nitrogens is 1. The van der Waals surface area contributed by atoms with E-state index < -0.39 is 0 Å².